The fraction of sp³-hybridized carbons (Fsp3) is 0.200. The summed E-state index contributed by atoms with van der Waals surface area (Å²) in [6, 6.07) is 16.7. The van der Waals surface area contributed by atoms with Crippen molar-refractivity contribution in [2.75, 3.05) is 6.54 Å². The molecular formula is C20H22FN5. The number of nitrogens with zero attached hydrogens (tertiary/aromatic N) is 3. The number of halogens is 1. The van der Waals surface area contributed by atoms with Crippen LogP contribution in [0.5, 0.6) is 0 Å². The Morgan fingerprint density at radius 3 is 2.62 bits per heavy atom. The van der Waals surface area contributed by atoms with Crippen LogP contribution in [0.3, 0.4) is 0 Å². The molecule has 0 aliphatic rings. The molecule has 0 saturated carbocycles. The summed E-state index contributed by atoms with van der Waals surface area (Å²) < 4.78 is 15.6. The zero-order valence-corrected chi connectivity index (χ0v) is 14.7. The molecule has 0 spiro atoms. The number of nitrogens with one attached hydrogen (secondary N) is 2. The molecule has 0 fully saturated rings. The molecule has 2 N–H and O–H groups in total. The summed E-state index contributed by atoms with van der Waals surface area (Å²) in [4.78, 5) is 4.55. The number of hydrogen-bond donors (Lipinski definition) is 2. The van der Waals surface area contributed by atoms with Gasteiger partial charge in [-0.1, -0.05) is 36.4 Å². The van der Waals surface area contributed by atoms with Crippen molar-refractivity contribution in [2.24, 2.45) is 4.99 Å². The Kier molecular flexibility index (Phi) is 5.98. The van der Waals surface area contributed by atoms with Crippen LogP contribution in [0.2, 0.25) is 0 Å². The quantitative estimate of drug-likeness (QED) is 0.529. The fourth-order valence-corrected chi connectivity index (χ4v) is 2.50. The molecule has 0 radical (unpaired) electrons. The van der Waals surface area contributed by atoms with Crippen molar-refractivity contribution in [1.29, 1.82) is 0 Å². The van der Waals surface area contributed by atoms with E-state index in [1.165, 1.54) is 6.07 Å². The van der Waals surface area contributed by atoms with E-state index in [0.29, 0.717) is 24.6 Å². The zero-order valence-electron chi connectivity index (χ0n) is 14.7. The van der Waals surface area contributed by atoms with Crippen LogP contribution < -0.4 is 10.6 Å². The predicted molar refractivity (Wildman–Crippen MR) is 102 cm³/mol. The molecule has 6 heteroatoms. The maximum atomic E-state index is 13.7. The van der Waals surface area contributed by atoms with Crippen LogP contribution in [0.15, 0.2) is 72.0 Å². The van der Waals surface area contributed by atoms with E-state index in [2.05, 4.69) is 20.7 Å². The van der Waals surface area contributed by atoms with Gasteiger partial charge in [-0.25, -0.2) is 14.1 Å². The highest BCUT2D eigenvalue weighted by molar-refractivity contribution is 5.79. The molecule has 0 aliphatic heterocycles. The van der Waals surface area contributed by atoms with Crippen LogP contribution in [-0.2, 0) is 13.1 Å². The van der Waals surface area contributed by atoms with Crippen LogP contribution in [0.1, 0.15) is 18.1 Å². The van der Waals surface area contributed by atoms with Crippen molar-refractivity contribution >= 4 is 5.96 Å². The van der Waals surface area contributed by atoms with E-state index in [1.54, 1.807) is 18.3 Å². The monoisotopic (exact) mass is 351 g/mol. The van der Waals surface area contributed by atoms with E-state index >= 15 is 0 Å². The molecule has 5 nitrogen and oxygen atoms in total. The van der Waals surface area contributed by atoms with Gasteiger partial charge in [0.2, 0.25) is 0 Å². The van der Waals surface area contributed by atoms with Gasteiger partial charge >= 0.3 is 0 Å². The van der Waals surface area contributed by atoms with Crippen molar-refractivity contribution in [1.82, 2.24) is 20.4 Å². The topological polar surface area (TPSA) is 54.2 Å². The van der Waals surface area contributed by atoms with E-state index in [9.17, 15) is 4.39 Å². The summed E-state index contributed by atoms with van der Waals surface area (Å²) in [7, 11) is 0. The average molecular weight is 351 g/mol. The maximum Gasteiger partial charge on any atom is 0.191 e. The second-order valence-electron chi connectivity index (χ2n) is 5.77. The van der Waals surface area contributed by atoms with Crippen molar-refractivity contribution < 1.29 is 4.39 Å². The van der Waals surface area contributed by atoms with Gasteiger partial charge in [0.15, 0.2) is 5.96 Å². The van der Waals surface area contributed by atoms with Crippen LogP contribution in [0.25, 0.3) is 5.69 Å². The molecule has 0 bridgehead atoms. The first-order chi connectivity index (χ1) is 12.8. The lowest BCUT2D eigenvalue weighted by Gasteiger charge is -2.11. The number of aliphatic imine (C=N–C) groups is 1. The number of guanidine groups is 1. The second kappa shape index (κ2) is 8.80. The fourth-order valence-electron chi connectivity index (χ4n) is 2.50. The molecule has 0 unspecified atom stereocenters. The number of para-hydroxylation sites is 1. The molecule has 26 heavy (non-hydrogen) atoms. The van der Waals surface area contributed by atoms with Gasteiger partial charge < -0.3 is 10.6 Å². The lowest BCUT2D eigenvalue weighted by molar-refractivity contribution is 0.604. The third-order valence-electron chi connectivity index (χ3n) is 3.82. The molecule has 2 aromatic carbocycles. The van der Waals surface area contributed by atoms with E-state index < -0.39 is 0 Å². The molecule has 3 aromatic rings. The summed E-state index contributed by atoms with van der Waals surface area (Å²) in [6.07, 6.45) is 3.76. The van der Waals surface area contributed by atoms with Crippen molar-refractivity contribution in [3.63, 3.8) is 0 Å². The highest BCUT2D eigenvalue weighted by atomic mass is 19.1. The largest absolute Gasteiger partial charge is 0.357 e. The molecule has 1 aromatic heterocycles. The lowest BCUT2D eigenvalue weighted by Crippen LogP contribution is -2.37. The molecule has 0 atom stereocenters. The maximum absolute atomic E-state index is 13.7. The van der Waals surface area contributed by atoms with Gasteiger partial charge in [0, 0.05) is 30.4 Å². The Labute approximate surface area is 152 Å². The van der Waals surface area contributed by atoms with Gasteiger partial charge in [-0.05, 0) is 25.1 Å². The first kappa shape index (κ1) is 17.7. The smallest absolute Gasteiger partial charge is 0.191 e. The molecule has 134 valence electrons. The van der Waals surface area contributed by atoms with Crippen LogP contribution in [-0.4, -0.2) is 22.3 Å². The highest BCUT2D eigenvalue weighted by Gasteiger charge is 2.04. The Morgan fingerprint density at radius 2 is 1.85 bits per heavy atom. The lowest BCUT2D eigenvalue weighted by atomic mass is 10.2. The highest BCUT2D eigenvalue weighted by Crippen LogP contribution is 2.09. The predicted octanol–water partition coefficient (Wildman–Crippen LogP) is 3.27. The van der Waals surface area contributed by atoms with Gasteiger partial charge in [0.25, 0.3) is 0 Å². The number of aromatic nitrogens is 2. The van der Waals surface area contributed by atoms with Crippen LogP contribution >= 0.6 is 0 Å². The van der Waals surface area contributed by atoms with Crippen molar-refractivity contribution in [3.8, 4) is 5.69 Å². The van der Waals surface area contributed by atoms with Gasteiger partial charge in [-0.3, -0.25) is 0 Å². The first-order valence-electron chi connectivity index (χ1n) is 8.61. The molecule has 0 aliphatic carbocycles. The Bertz CT molecular complexity index is 857. The van der Waals surface area contributed by atoms with Gasteiger partial charge in [-0.2, -0.15) is 5.10 Å². The average Bonchev–Trinajstić information content (AvgIpc) is 3.15. The normalized spacial score (nSPS) is 11.4. The van der Waals surface area contributed by atoms with Crippen molar-refractivity contribution in [3.05, 3.63) is 83.9 Å². The number of hydrogen-bond acceptors (Lipinski definition) is 2. The molecule has 0 amide bonds. The van der Waals surface area contributed by atoms with E-state index in [1.807, 2.05) is 54.2 Å². The van der Waals surface area contributed by atoms with E-state index in [4.69, 9.17) is 0 Å². The Hall–Kier alpha value is -3.15. The minimum absolute atomic E-state index is 0.222. The number of benzene rings is 2. The third kappa shape index (κ3) is 4.69. The number of rotatable bonds is 6. The Balaban J connectivity index is 1.64. The van der Waals surface area contributed by atoms with Gasteiger partial charge in [0.05, 0.1) is 18.4 Å². The van der Waals surface area contributed by atoms with Gasteiger partial charge in [0.1, 0.15) is 5.82 Å². The second-order valence-corrected chi connectivity index (χ2v) is 5.77. The molecule has 0 saturated heterocycles. The summed E-state index contributed by atoms with van der Waals surface area (Å²) in [5.41, 5.74) is 2.61. The summed E-state index contributed by atoms with van der Waals surface area (Å²) >= 11 is 0. The summed E-state index contributed by atoms with van der Waals surface area (Å²) in [5.74, 6) is 0.420. The van der Waals surface area contributed by atoms with Gasteiger partial charge in [-0.15, -0.1) is 0 Å². The standard InChI is InChI=1S/C20H22FN5/c1-2-22-20(24-14-17-8-6-7-11-19(17)21)23-12-16-13-25-26(15-16)18-9-4-3-5-10-18/h3-11,13,15H,2,12,14H2,1H3,(H2,22,23,24). The molecule has 3 rings (SSSR count). The third-order valence-corrected chi connectivity index (χ3v) is 3.82. The van der Waals surface area contributed by atoms with Crippen LogP contribution in [0, 0.1) is 5.82 Å². The molecular weight excluding hydrogens is 329 g/mol. The Morgan fingerprint density at radius 1 is 1.08 bits per heavy atom. The van der Waals surface area contributed by atoms with E-state index in [-0.39, 0.29) is 5.82 Å². The van der Waals surface area contributed by atoms with Crippen molar-refractivity contribution in [2.45, 2.75) is 20.0 Å². The van der Waals surface area contributed by atoms with E-state index in [0.717, 1.165) is 17.8 Å². The minimum Gasteiger partial charge on any atom is -0.357 e. The molecule has 1 heterocycles. The van der Waals surface area contributed by atoms with Crippen LogP contribution in [0.4, 0.5) is 4.39 Å². The minimum atomic E-state index is -0.222. The SMILES string of the molecule is CCNC(=NCc1cnn(-c2ccccc2)c1)NCc1ccccc1F. The first-order valence-corrected chi connectivity index (χ1v) is 8.61. The summed E-state index contributed by atoms with van der Waals surface area (Å²) in [6.45, 7) is 3.58. The summed E-state index contributed by atoms with van der Waals surface area (Å²) in [5, 5.41) is 10.7. The zero-order chi connectivity index (χ0) is 18.2.